The lowest BCUT2D eigenvalue weighted by molar-refractivity contribution is 0.675. The summed E-state index contributed by atoms with van der Waals surface area (Å²) in [4.78, 5) is 0. The van der Waals surface area contributed by atoms with E-state index in [2.05, 4.69) is 65.9 Å². The highest BCUT2D eigenvalue weighted by molar-refractivity contribution is 14.1. The summed E-state index contributed by atoms with van der Waals surface area (Å²) in [6, 6.07) is 10.6. The van der Waals surface area contributed by atoms with Crippen molar-refractivity contribution in [1.29, 1.82) is 0 Å². The first kappa shape index (κ1) is 12.8. The Morgan fingerprint density at radius 3 is 2.53 bits per heavy atom. The molecule has 1 aromatic carbocycles. The van der Waals surface area contributed by atoms with Gasteiger partial charge in [0.15, 0.2) is 0 Å². The van der Waals surface area contributed by atoms with Crippen LogP contribution in [0.15, 0.2) is 36.4 Å². The summed E-state index contributed by atoms with van der Waals surface area (Å²) in [5.74, 6) is 0. The van der Waals surface area contributed by atoms with Gasteiger partial charge < -0.3 is 0 Å². The van der Waals surface area contributed by atoms with Crippen LogP contribution in [-0.4, -0.2) is 0 Å². The van der Waals surface area contributed by atoms with Crippen molar-refractivity contribution >= 4 is 26.2 Å². The standard InChI is InChI=1S/C14H19I/c1-2-3-4-5-9-12-14(15)13-10-7-6-8-11-13/h6-8,10-12H,2-5,9H2,1H3. The van der Waals surface area contributed by atoms with E-state index in [1.165, 1.54) is 41.2 Å². The SMILES string of the molecule is CCCCCCC=C(I)c1ccccc1. The van der Waals surface area contributed by atoms with Gasteiger partial charge in [0.25, 0.3) is 0 Å². The van der Waals surface area contributed by atoms with Crippen LogP contribution >= 0.6 is 22.6 Å². The lowest BCUT2D eigenvalue weighted by Gasteiger charge is -1.99. The summed E-state index contributed by atoms with van der Waals surface area (Å²) in [6.45, 7) is 2.25. The van der Waals surface area contributed by atoms with E-state index in [0.29, 0.717) is 0 Å². The van der Waals surface area contributed by atoms with Crippen molar-refractivity contribution in [2.24, 2.45) is 0 Å². The van der Waals surface area contributed by atoms with Gasteiger partial charge in [0.05, 0.1) is 0 Å². The molecule has 0 atom stereocenters. The lowest BCUT2D eigenvalue weighted by atomic mass is 10.1. The van der Waals surface area contributed by atoms with Crippen LogP contribution in [0.4, 0.5) is 0 Å². The second-order valence-electron chi connectivity index (χ2n) is 3.77. The predicted molar refractivity (Wildman–Crippen MR) is 77.2 cm³/mol. The zero-order valence-electron chi connectivity index (χ0n) is 9.38. The molecule has 0 unspecified atom stereocenters. The molecule has 0 aliphatic rings. The van der Waals surface area contributed by atoms with Crippen LogP contribution in [0.2, 0.25) is 0 Å². The molecule has 0 aliphatic carbocycles. The summed E-state index contributed by atoms with van der Waals surface area (Å²) < 4.78 is 1.38. The van der Waals surface area contributed by atoms with E-state index < -0.39 is 0 Å². The van der Waals surface area contributed by atoms with Crippen molar-refractivity contribution in [2.45, 2.75) is 39.0 Å². The van der Waals surface area contributed by atoms with E-state index >= 15 is 0 Å². The maximum atomic E-state index is 2.43. The second kappa shape index (κ2) is 7.91. The van der Waals surface area contributed by atoms with Crippen molar-refractivity contribution in [3.63, 3.8) is 0 Å². The first-order valence-electron chi connectivity index (χ1n) is 5.75. The van der Waals surface area contributed by atoms with E-state index in [1.807, 2.05) is 0 Å². The number of rotatable bonds is 6. The third-order valence-electron chi connectivity index (χ3n) is 2.43. The number of halogens is 1. The first-order valence-corrected chi connectivity index (χ1v) is 6.83. The summed E-state index contributed by atoms with van der Waals surface area (Å²) >= 11 is 2.43. The molecule has 0 saturated heterocycles. The molecule has 82 valence electrons. The molecule has 1 aromatic rings. The van der Waals surface area contributed by atoms with Crippen molar-refractivity contribution < 1.29 is 0 Å². The molecular weight excluding hydrogens is 295 g/mol. The quantitative estimate of drug-likeness (QED) is 0.485. The first-order chi connectivity index (χ1) is 7.34. The largest absolute Gasteiger partial charge is 0.0705 e. The van der Waals surface area contributed by atoms with Gasteiger partial charge in [0, 0.05) is 3.58 Å². The highest BCUT2D eigenvalue weighted by Gasteiger charge is 1.94. The van der Waals surface area contributed by atoms with Gasteiger partial charge in [-0.1, -0.05) is 62.6 Å². The molecule has 0 spiro atoms. The van der Waals surface area contributed by atoms with E-state index in [0.717, 1.165) is 0 Å². The van der Waals surface area contributed by atoms with Gasteiger partial charge in [0.2, 0.25) is 0 Å². The third kappa shape index (κ3) is 5.36. The molecule has 0 saturated carbocycles. The minimum Gasteiger partial charge on any atom is -0.0705 e. The van der Waals surface area contributed by atoms with Gasteiger partial charge in [0.1, 0.15) is 0 Å². The number of hydrogen-bond donors (Lipinski definition) is 0. The smallest absolute Gasteiger partial charge is 0.0162 e. The van der Waals surface area contributed by atoms with Crippen LogP contribution in [0.1, 0.15) is 44.6 Å². The Balaban J connectivity index is 2.33. The molecule has 0 N–H and O–H groups in total. The molecule has 0 aliphatic heterocycles. The van der Waals surface area contributed by atoms with Crippen LogP contribution in [0.25, 0.3) is 3.58 Å². The fourth-order valence-corrected chi connectivity index (χ4v) is 2.19. The molecule has 0 heterocycles. The van der Waals surface area contributed by atoms with Crippen molar-refractivity contribution in [2.75, 3.05) is 0 Å². The minimum atomic E-state index is 1.22. The maximum Gasteiger partial charge on any atom is 0.0162 e. The Kier molecular flexibility index (Phi) is 6.73. The number of benzene rings is 1. The van der Waals surface area contributed by atoms with Gasteiger partial charge in [-0.25, -0.2) is 0 Å². The fourth-order valence-electron chi connectivity index (χ4n) is 1.52. The van der Waals surface area contributed by atoms with Crippen LogP contribution in [0.3, 0.4) is 0 Å². The Hall–Kier alpha value is -0.310. The number of unbranched alkanes of at least 4 members (excludes halogenated alkanes) is 4. The summed E-state index contributed by atoms with van der Waals surface area (Å²) in [7, 11) is 0. The Labute approximate surface area is 107 Å². The molecule has 0 nitrogen and oxygen atoms in total. The van der Waals surface area contributed by atoms with Crippen molar-refractivity contribution in [1.82, 2.24) is 0 Å². The molecule has 0 bridgehead atoms. The zero-order chi connectivity index (χ0) is 10.9. The Bertz CT molecular complexity index is 287. The van der Waals surface area contributed by atoms with Gasteiger partial charge in [-0.15, -0.1) is 0 Å². The molecule has 0 fully saturated rings. The average Bonchev–Trinajstić information content (AvgIpc) is 2.30. The summed E-state index contributed by atoms with van der Waals surface area (Å²) in [6.07, 6.45) is 8.95. The highest BCUT2D eigenvalue weighted by atomic mass is 127. The number of hydrogen-bond acceptors (Lipinski definition) is 0. The molecule has 0 amide bonds. The normalized spacial score (nSPS) is 11.7. The second-order valence-corrected chi connectivity index (χ2v) is 4.93. The predicted octanol–water partition coefficient (Wildman–Crippen LogP) is 5.43. The highest BCUT2D eigenvalue weighted by Crippen LogP contribution is 2.22. The van der Waals surface area contributed by atoms with Crippen molar-refractivity contribution in [3.8, 4) is 0 Å². The van der Waals surface area contributed by atoms with Gasteiger partial charge in [-0.2, -0.15) is 0 Å². The minimum absolute atomic E-state index is 1.22. The molecule has 1 rings (SSSR count). The van der Waals surface area contributed by atoms with Crippen molar-refractivity contribution in [3.05, 3.63) is 42.0 Å². The monoisotopic (exact) mass is 314 g/mol. The van der Waals surface area contributed by atoms with Crippen LogP contribution in [-0.2, 0) is 0 Å². The van der Waals surface area contributed by atoms with Crippen LogP contribution in [0.5, 0.6) is 0 Å². The zero-order valence-corrected chi connectivity index (χ0v) is 11.5. The third-order valence-corrected chi connectivity index (χ3v) is 3.49. The molecule has 1 heteroatoms. The van der Waals surface area contributed by atoms with Crippen LogP contribution in [0, 0.1) is 0 Å². The van der Waals surface area contributed by atoms with E-state index in [4.69, 9.17) is 0 Å². The van der Waals surface area contributed by atoms with E-state index in [-0.39, 0.29) is 0 Å². The number of allylic oxidation sites excluding steroid dienone is 1. The Morgan fingerprint density at radius 1 is 1.13 bits per heavy atom. The maximum absolute atomic E-state index is 2.43. The van der Waals surface area contributed by atoms with E-state index in [1.54, 1.807) is 0 Å². The fraction of sp³-hybridized carbons (Fsp3) is 0.429. The Morgan fingerprint density at radius 2 is 1.87 bits per heavy atom. The summed E-state index contributed by atoms with van der Waals surface area (Å²) in [5.41, 5.74) is 1.34. The molecule has 0 radical (unpaired) electrons. The average molecular weight is 314 g/mol. The lowest BCUT2D eigenvalue weighted by Crippen LogP contribution is -1.77. The molecule has 15 heavy (non-hydrogen) atoms. The van der Waals surface area contributed by atoms with E-state index in [9.17, 15) is 0 Å². The van der Waals surface area contributed by atoms with Crippen LogP contribution < -0.4 is 0 Å². The summed E-state index contributed by atoms with van der Waals surface area (Å²) in [5, 5.41) is 0. The topological polar surface area (TPSA) is 0 Å². The van der Waals surface area contributed by atoms with Gasteiger partial charge >= 0.3 is 0 Å². The molecular formula is C14H19I. The van der Waals surface area contributed by atoms with Gasteiger partial charge in [-0.05, 0) is 41.0 Å². The molecule has 0 aromatic heterocycles. The van der Waals surface area contributed by atoms with Gasteiger partial charge in [-0.3, -0.25) is 0 Å².